The van der Waals surface area contributed by atoms with Crippen LogP contribution in [0, 0.1) is 18.7 Å². The first-order valence-electron chi connectivity index (χ1n) is 5.67. The molecule has 6 heteroatoms. The third-order valence-electron chi connectivity index (χ3n) is 2.92. The first-order chi connectivity index (χ1) is 8.27. The van der Waals surface area contributed by atoms with E-state index in [2.05, 4.69) is 4.72 Å². The van der Waals surface area contributed by atoms with E-state index in [1.807, 2.05) is 0 Å². The summed E-state index contributed by atoms with van der Waals surface area (Å²) < 4.78 is 39.7. The fourth-order valence-electron chi connectivity index (χ4n) is 1.45. The van der Waals surface area contributed by atoms with E-state index < -0.39 is 21.9 Å². The van der Waals surface area contributed by atoms with Gasteiger partial charge in [0.2, 0.25) is 10.0 Å². The Balaban J connectivity index is 3.03. The average Bonchev–Trinajstić information content (AvgIpc) is 2.30. The Hall–Kier alpha value is -0.980. The maximum atomic E-state index is 13.1. The normalized spacial score (nSPS) is 15.4. The molecule has 0 fully saturated rings. The molecule has 0 saturated heterocycles. The second kappa shape index (κ2) is 5.77. The summed E-state index contributed by atoms with van der Waals surface area (Å²) in [5.74, 6) is -0.808. The zero-order valence-corrected chi connectivity index (χ0v) is 11.5. The number of aliphatic hydroxyl groups is 1. The number of aryl methyl sites for hydroxylation is 1. The standard InChI is InChI=1S/C12H18FNO3S/c1-8-4-5-11(13)6-12(8)18(16,17)14-10(3)9(2)7-15/h4-6,9-10,14-15H,7H2,1-3H3. The van der Waals surface area contributed by atoms with E-state index in [4.69, 9.17) is 5.11 Å². The van der Waals surface area contributed by atoms with Crippen LogP contribution < -0.4 is 4.72 Å². The van der Waals surface area contributed by atoms with E-state index in [1.54, 1.807) is 20.8 Å². The number of hydrogen-bond acceptors (Lipinski definition) is 3. The molecule has 0 heterocycles. The molecule has 0 aliphatic carbocycles. The fraction of sp³-hybridized carbons (Fsp3) is 0.500. The van der Waals surface area contributed by atoms with Crippen molar-refractivity contribution in [2.24, 2.45) is 5.92 Å². The van der Waals surface area contributed by atoms with Gasteiger partial charge in [-0.25, -0.2) is 17.5 Å². The fourth-order valence-corrected chi connectivity index (χ4v) is 3.05. The summed E-state index contributed by atoms with van der Waals surface area (Å²) in [6, 6.07) is 3.20. The van der Waals surface area contributed by atoms with Crippen LogP contribution in [0.5, 0.6) is 0 Å². The summed E-state index contributed by atoms with van der Waals surface area (Å²) in [4.78, 5) is -0.0699. The van der Waals surface area contributed by atoms with Crippen molar-refractivity contribution in [1.82, 2.24) is 4.72 Å². The minimum Gasteiger partial charge on any atom is -0.396 e. The molecule has 2 unspecified atom stereocenters. The van der Waals surface area contributed by atoms with E-state index in [9.17, 15) is 12.8 Å². The highest BCUT2D eigenvalue weighted by atomic mass is 32.2. The van der Waals surface area contributed by atoms with Crippen LogP contribution in [0.2, 0.25) is 0 Å². The molecule has 102 valence electrons. The SMILES string of the molecule is Cc1ccc(F)cc1S(=O)(=O)NC(C)C(C)CO. The molecule has 0 saturated carbocycles. The lowest BCUT2D eigenvalue weighted by Crippen LogP contribution is -2.38. The van der Waals surface area contributed by atoms with Gasteiger partial charge in [-0.1, -0.05) is 13.0 Å². The lowest BCUT2D eigenvalue weighted by atomic mass is 10.1. The molecule has 1 rings (SSSR count). The number of hydrogen-bond donors (Lipinski definition) is 2. The van der Waals surface area contributed by atoms with Crippen LogP contribution >= 0.6 is 0 Å². The Morgan fingerprint density at radius 2 is 2.00 bits per heavy atom. The molecule has 4 nitrogen and oxygen atoms in total. The first kappa shape index (κ1) is 15.1. The van der Waals surface area contributed by atoms with Crippen LogP contribution in [0.25, 0.3) is 0 Å². The molecule has 0 aliphatic rings. The maximum Gasteiger partial charge on any atom is 0.241 e. The number of rotatable bonds is 5. The Bertz CT molecular complexity index is 516. The molecule has 1 aromatic rings. The second-order valence-electron chi connectivity index (χ2n) is 4.48. The number of sulfonamides is 1. The Morgan fingerprint density at radius 3 is 2.56 bits per heavy atom. The van der Waals surface area contributed by atoms with Crippen LogP contribution in [0.1, 0.15) is 19.4 Å². The van der Waals surface area contributed by atoms with Crippen molar-refractivity contribution < 1.29 is 17.9 Å². The summed E-state index contributed by atoms with van der Waals surface area (Å²) in [6.45, 7) is 4.87. The minimum atomic E-state index is -3.77. The third-order valence-corrected chi connectivity index (χ3v) is 4.62. The van der Waals surface area contributed by atoms with Crippen LogP contribution in [0.4, 0.5) is 4.39 Å². The molecular weight excluding hydrogens is 257 g/mol. The minimum absolute atomic E-state index is 0.0699. The smallest absolute Gasteiger partial charge is 0.241 e. The number of aliphatic hydroxyl groups excluding tert-OH is 1. The van der Waals surface area contributed by atoms with Crippen LogP contribution in [0.15, 0.2) is 23.1 Å². The van der Waals surface area contributed by atoms with Gasteiger partial charge in [-0.3, -0.25) is 0 Å². The van der Waals surface area contributed by atoms with E-state index in [1.165, 1.54) is 12.1 Å². The molecule has 0 bridgehead atoms. The third kappa shape index (κ3) is 3.51. The summed E-state index contributed by atoms with van der Waals surface area (Å²) in [6.07, 6.45) is 0. The molecule has 1 aromatic carbocycles. The highest BCUT2D eigenvalue weighted by Crippen LogP contribution is 2.17. The topological polar surface area (TPSA) is 66.4 Å². The van der Waals surface area contributed by atoms with Gasteiger partial charge in [0.15, 0.2) is 0 Å². The number of nitrogens with one attached hydrogen (secondary N) is 1. The van der Waals surface area contributed by atoms with Crippen LogP contribution in [-0.4, -0.2) is 26.2 Å². The monoisotopic (exact) mass is 275 g/mol. The Morgan fingerprint density at radius 1 is 1.39 bits per heavy atom. The van der Waals surface area contributed by atoms with Crippen molar-refractivity contribution in [1.29, 1.82) is 0 Å². The summed E-state index contributed by atoms with van der Waals surface area (Å²) in [7, 11) is -3.77. The maximum absolute atomic E-state index is 13.1. The van der Waals surface area contributed by atoms with Gasteiger partial charge < -0.3 is 5.11 Å². The molecule has 0 amide bonds. The summed E-state index contributed by atoms with van der Waals surface area (Å²) in [5, 5.41) is 8.98. The van der Waals surface area contributed by atoms with Crippen LogP contribution in [-0.2, 0) is 10.0 Å². The molecule has 18 heavy (non-hydrogen) atoms. The summed E-state index contributed by atoms with van der Waals surface area (Å²) in [5.41, 5.74) is 0.479. The molecule has 2 N–H and O–H groups in total. The molecule has 0 aliphatic heterocycles. The average molecular weight is 275 g/mol. The Kier molecular flexibility index (Phi) is 4.84. The van der Waals surface area contributed by atoms with E-state index in [0.29, 0.717) is 5.56 Å². The van der Waals surface area contributed by atoms with Gasteiger partial charge in [0.1, 0.15) is 5.82 Å². The van der Waals surface area contributed by atoms with Crippen molar-refractivity contribution in [3.8, 4) is 0 Å². The van der Waals surface area contributed by atoms with E-state index >= 15 is 0 Å². The predicted octanol–water partition coefficient (Wildman–Crippen LogP) is 1.43. The second-order valence-corrected chi connectivity index (χ2v) is 6.16. The highest BCUT2D eigenvalue weighted by Gasteiger charge is 2.22. The first-order valence-corrected chi connectivity index (χ1v) is 7.15. The summed E-state index contributed by atoms with van der Waals surface area (Å²) >= 11 is 0. The van der Waals surface area contributed by atoms with Gasteiger partial charge in [-0.15, -0.1) is 0 Å². The lowest BCUT2D eigenvalue weighted by Gasteiger charge is -2.19. The van der Waals surface area contributed by atoms with E-state index in [-0.39, 0.29) is 17.4 Å². The highest BCUT2D eigenvalue weighted by molar-refractivity contribution is 7.89. The van der Waals surface area contributed by atoms with Crippen LogP contribution in [0.3, 0.4) is 0 Å². The van der Waals surface area contributed by atoms with Crippen molar-refractivity contribution in [2.45, 2.75) is 31.7 Å². The predicted molar refractivity (Wildman–Crippen MR) is 67.2 cm³/mol. The van der Waals surface area contributed by atoms with E-state index in [0.717, 1.165) is 6.07 Å². The van der Waals surface area contributed by atoms with Crippen molar-refractivity contribution in [2.75, 3.05) is 6.61 Å². The Labute approximate surface area is 107 Å². The lowest BCUT2D eigenvalue weighted by molar-refractivity contribution is 0.216. The van der Waals surface area contributed by atoms with Gasteiger partial charge in [0.05, 0.1) is 4.90 Å². The molecule has 0 aromatic heterocycles. The molecule has 0 spiro atoms. The van der Waals surface area contributed by atoms with Gasteiger partial charge in [-0.2, -0.15) is 0 Å². The number of halogens is 1. The van der Waals surface area contributed by atoms with Crippen molar-refractivity contribution >= 4 is 10.0 Å². The number of benzene rings is 1. The van der Waals surface area contributed by atoms with Crippen molar-refractivity contribution in [3.05, 3.63) is 29.6 Å². The molecular formula is C12H18FNO3S. The quantitative estimate of drug-likeness (QED) is 0.854. The largest absolute Gasteiger partial charge is 0.396 e. The molecule has 2 atom stereocenters. The molecule has 0 radical (unpaired) electrons. The zero-order valence-electron chi connectivity index (χ0n) is 10.6. The van der Waals surface area contributed by atoms with Gasteiger partial charge in [-0.05, 0) is 37.5 Å². The van der Waals surface area contributed by atoms with Crippen molar-refractivity contribution in [3.63, 3.8) is 0 Å². The van der Waals surface area contributed by atoms with Gasteiger partial charge in [0.25, 0.3) is 0 Å². The van der Waals surface area contributed by atoms with Gasteiger partial charge in [0, 0.05) is 12.6 Å². The zero-order chi connectivity index (χ0) is 13.9. The van der Waals surface area contributed by atoms with Gasteiger partial charge >= 0.3 is 0 Å².